The fourth-order valence-corrected chi connectivity index (χ4v) is 18.4. The van der Waals surface area contributed by atoms with E-state index in [0.717, 1.165) is 67.3 Å². The number of imide groups is 2. The lowest BCUT2D eigenvalue weighted by molar-refractivity contribution is 0.0877. The van der Waals surface area contributed by atoms with E-state index < -0.39 is 23.6 Å². The van der Waals surface area contributed by atoms with Crippen molar-refractivity contribution in [1.82, 2.24) is 17.9 Å². The number of halogens is 4. The third-order valence-corrected chi connectivity index (χ3v) is 25.5. The van der Waals surface area contributed by atoms with Crippen molar-refractivity contribution in [3.05, 3.63) is 295 Å². The Kier molecular flexibility index (Phi) is 22.0. The number of nitrogens with zero attached hydrogens (tertiary/aromatic N) is 6. The molecule has 15 aromatic carbocycles. The van der Waals surface area contributed by atoms with Crippen LogP contribution >= 0.6 is 46.4 Å². The fourth-order valence-electron chi connectivity index (χ4n) is 17.8. The van der Waals surface area contributed by atoms with Crippen LogP contribution < -0.4 is 46.7 Å². The first-order chi connectivity index (χ1) is 59.6. The molecule has 4 amide bonds. The molecule has 0 radical (unpaired) electrons. The molecule has 18 heteroatoms. The third-order valence-electron chi connectivity index (χ3n) is 24.5. The molecular weight excluding hydrogens is 1650 g/mol. The zero-order valence-electron chi connectivity index (χ0n) is 74.7. The van der Waals surface area contributed by atoms with E-state index in [1.807, 2.05) is 97.1 Å². The first-order valence-electron chi connectivity index (χ1n) is 42.6. The van der Waals surface area contributed by atoms with Gasteiger partial charge >= 0.3 is 0 Å². The van der Waals surface area contributed by atoms with Gasteiger partial charge in [-0.25, -0.2) is 9.80 Å². The molecule has 0 fully saturated rings. The normalized spacial score (nSPS) is 13.4. The number of ether oxygens (including phenoxy) is 4. The van der Waals surface area contributed by atoms with Gasteiger partial charge in [-0.1, -0.05) is 162 Å². The molecule has 0 N–H and O–H groups in total. The fraction of sp³-hybridized carbons (Fsp3) is 0.222. The van der Waals surface area contributed by atoms with Crippen LogP contribution in [0.3, 0.4) is 0 Å². The van der Waals surface area contributed by atoms with E-state index in [-0.39, 0.29) is 79.7 Å². The van der Waals surface area contributed by atoms with Gasteiger partial charge in [0.05, 0.1) is 118 Å². The number of amides is 4. The predicted octanol–water partition coefficient (Wildman–Crippen LogP) is 29.1. The standard InChI is InChI=1S/C108H102Cl4N6O8/c1-59(2)75-23-21-24-76(60(3)4)103(75)113-105(119)83-55-91(123-87-47-39-69(111)51-79(87)63-27-35-67(109)36-28-63)97-98-92(124-88-48-40-70(112)52-80(88)64-29-37-68(110)38-30-64)56-84-96-86(108(122)114(106(84)120)104-77(61(5)6)25-22-26-78(104)62(7)8)58-94(126-90-50-46-74(118(18,19)20)54-82(90)66-33-43-72(44-34-66)116(12,13)14)100(102(96)98)99-93(57-85(107(113)121)95(83)101(97)99)125-89-49-45-73(117(15,16)17)53-81(89)65-31-41-71(42-32-65)115(9,10)11/h21-62H,1-20H3/q+4. The van der Waals surface area contributed by atoms with Crippen molar-refractivity contribution in [2.75, 3.05) is 94.4 Å². The minimum atomic E-state index is -0.627. The summed E-state index contributed by atoms with van der Waals surface area (Å²) in [6.45, 7) is 16.5. The molecule has 15 aromatic rings. The van der Waals surface area contributed by atoms with Crippen LogP contribution in [0.4, 0.5) is 34.1 Å². The molecule has 636 valence electrons. The van der Waals surface area contributed by atoms with E-state index in [0.29, 0.717) is 127 Å². The summed E-state index contributed by atoms with van der Waals surface area (Å²) in [5.74, 6) is -1.32. The van der Waals surface area contributed by atoms with Crippen LogP contribution in [0.1, 0.15) is 143 Å². The van der Waals surface area contributed by atoms with Gasteiger partial charge in [0.15, 0.2) is 0 Å². The minimum absolute atomic E-state index is 0.0966. The van der Waals surface area contributed by atoms with Gasteiger partial charge < -0.3 is 18.9 Å². The third kappa shape index (κ3) is 15.4. The molecule has 0 unspecified atom stereocenters. The average molecular weight is 1750 g/mol. The van der Waals surface area contributed by atoms with Crippen LogP contribution in [-0.2, 0) is 0 Å². The van der Waals surface area contributed by atoms with Gasteiger partial charge in [0.1, 0.15) is 68.7 Å². The number of para-hydroxylation sites is 2. The van der Waals surface area contributed by atoms with Crippen molar-refractivity contribution in [2.24, 2.45) is 0 Å². The van der Waals surface area contributed by atoms with Crippen molar-refractivity contribution < 1.29 is 38.1 Å². The maximum absolute atomic E-state index is 17.4. The van der Waals surface area contributed by atoms with E-state index in [9.17, 15) is 0 Å². The molecule has 0 bridgehead atoms. The molecule has 2 aliphatic rings. The number of benzene rings is 15. The highest BCUT2D eigenvalue weighted by atomic mass is 35.5. The van der Waals surface area contributed by atoms with Crippen LogP contribution in [0.15, 0.2) is 231 Å². The van der Waals surface area contributed by atoms with Gasteiger partial charge in [-0.3, -0.25) is 37.1 Å². The van der Waals surface area contributed by atoms with Crippen molar-refractivity contribution in [1.29, 1.82) is 0 Å². The number of fused-ring (bicyclic) bond motifs is 2. The Morgan fingerprint density at radius 3 is 0.698 bits per heavy atom. The maximum atomic E-state index is 17.4. The highest BCUT2D eigenvalue weighted by Gasteiger charge is 2.45. The van der Waals surface area contributed by atoms with Gasteiger partial charge in [-0.15, -0.1) is 0 Å². The molecule has 0 saturated heterocycles. The Labute approximate surface area is 757 Å². The first-order valence-corrected chi connectivity index (χ1v) is 44.1. The van der Waals surface area contributed by atoms with Gasteiger partial charge in [0.25, 0.3) is 23.6 Å². The highest BCUT2D eigenvalue weighted by Crippen LogP contribution is 2.61. The van der Waals surface area contributed by atoms with E-state index in [1.54, 1.807) is 72.8 Å². The number of quaternary nitrogens is 4. The molecule has 0 atom stereocenters. The van der Waals surface area contributed by atoms with Crippen molar-refractivity contribution in [3.8, 4) is 90.5 Å². The Morgan fingerprint density at radius 1 is 0.230 bits per heavy atom. The lowest BCUT2D eigenvalue weighted by Crippen LogP contribution is -2.42. The van der Waals surface area contributed by atoms with E-state index in [4.69, 9.17) is 65.4 Å². The van der Waals surface area contributed by atoms with Crippen LogP contribution in [0.2, 0.25) is 20.1 Å². The molecule has 17 rings (SSSR count). The van der Waals surface area contributed by atoms with Gasteiger partial charge in [0.2, 0.25) is 0 Å². The summed E-state index contributed by atoms with van der Waals surface area (Å²) >= 11 is 27.7. The molecule has 14 nitrogen and oxygen atoms in total. The lowest BCUT2D eigenvalue weighted by atomic mass is 9.80. The number of carbonyl (C=O) groups is 4. The summed E-state index contributed by atoms with van der Waals surface area (Å²) in [5.41, 5.74) is 14.2. The van der Waals surface area contributed by atoms with E-state index in [2.05, 4.69) is 201 Å². The highest BCUT2D eigenvalue weighted by molar-refractivity contribution is 6.48. The quantitative estimate of drug-likeness (QED) is 0.0285. The summed E-state index contributed by atoms with van der Waals surface area (Å²) in [7, 11) is 25.4. The number of anilines is 2. The van der Waals surface area contributed by atoms with Gasteiger partial charge in [0, 0.05) is 110 Å². The number of hydrogen-bond donors (Lipinski definition) is 0. The van der Waals surface area contributed by atoms with E-state index in [1.165, 1.54) is 9.80 Å². The smallest absolute Gasteiger partial charge is 0.266 e. The van der Waals surface area contributed by atoms with E-state index >= 15 is 19.2 Å². The molecule has 0 saturated carbocycles. The Hall–Kier alpha value is -11.9. The second-order valence-electron chi connectivity index (χ2n) is 38.0. The number of rotatable bonds is 22. The molecular formula is C108H102Cl4N6O8+4. The molecule has 2 heterocycles. The van der Waals surface area contributed by atoms with Crippen LogP contribution in [0, 0.1) is 0 Å². The lowest BCUT2D eigenvalue weighted by Gasteiger charge is -2.35. The predicted molar refractivity (Wildman–Crippen MR) is 525 cm³/mol. The van der Waals surface area contributed by atoms with Crippen molar-refractivity contribution in [2.45, 2.75) is 79.1 Å². The monoisotopic (exact) mass is 1750 g/mol. The summed E-state index contributed by atoms with van der Waals surface area (Å²) in [4.78, 5) is 72.3. The second kappa shape index (κ2) is 32.2. The Balaban J connectivity index is 1.13. The topological polar surface area (TPSA) is 112 Å². The van der Waals surface area contributed by atoms with Crippen LogP contribution in [0.25, 0.3) is 87.6 Å². The largest absolute Gasteiger partial charge is 0.456 e. The molecule has 126 heavy (non-hydrogen) atoms. The molecule has 2 aliphatic heterocycles. The average Bonchev–Trinajstić information content (AvgIpc) is 0.667. The second-order valence-corrected chi connectivity index (χ2v) is 39.7. The van der Waals surface area contributed by atoms with Crippen LogP contribution in [0.5, 0.6) is 46.0 Å². The number of hydrogen-bond acceptors (Lipinski definition) is 8. The van der Waals surface area contributed by atoms with Crippen molar-refractivity contribution >= 4 is 147 Å². The summed E-state index contributed by atoms with van der Waals surface area (Å²) in [5, 5.41) is 4.17. The molecule has 0 aromatic heterocycles. The molecule has 0 spiro atoms. The summed E-state index contributed by atoms with van der Waals surface area (Å²) in [6, 6.07) is 73.5. The SMILES string of the molecule is CC(C)c1cccc(C(C)C)c1N1C(=O)c2cc(Oc3ccc(Cl)cc3-c3ccc(Cl)cc3)c3c4c(Oc5ccc(Cl)cc5-c5ccc(Cl)cc5)cc5c6c(cc(Oc7ccc([N+](C)(C)C)cc7-c7ccc([N+](C)(C)C)cc7)c(c7c(Oc8ccc([N+](C)(C)C)cc8-c8ccc([N+](C)(C)C)cc8)cc(c2c37)C1=O)c64)C(=O)N(c1c(C(C)C)cccc1C(C)C)C5=O. The maximum Gasteiger partial charge on any atom is 0.266 e. The molecule has 0 aliphatic carbocycles. The zero-order chi connectivity index (χ0) is 89.7. The summed E-state index contributed by atoms with van der Waals surface area (Å²) in [6.07, 6.45) is 0. The van der Waals surface area contributed by atoms with Crippen LogP contribution in [-0.4, -0.2) is 108 Å². The first kappa shape index (κ1) is 86.2. The number of carbonyl (C=O) groups excluding carboxylic acids is 4. The zero-order valence-corrected chi connectivity index (χ0v) is 77.7. The Morgan fingerprint density at radius 2 is 0.452 bits per heavy atom. The minimum Gasteiger partial charge on any atom is -0.456 e. The van der Waals surface area contributed by atoms with Gasteiger partial charge in [-0.2, -0.15) is 0 Å². The Bertz CT molecular complexity index is 6540. The van der Waals surface area contributed by atoms with Gasteiger partial charge in [-0.05, 0) is 214 Å². The summed E-state index contributed by atoms with van der Waals surface area (Å²) < 4.78 is 34.0. The van der Waals surface area contributed by atoms with Crippen molar-refractivity contribution in [3.63, 3.8) is 0 Å².